The van der Waals surface area contributed by atoms with E-state index in [0.717, 1.165) is 17.7 Å². The van der Waals surface area contributed by atoms with Crippen LogP contribution in [0.1, 0.15) is 18.9 Å². The zero-order valence-electron chi connectivity index (χ0n) is 11.5. The Balaban J connectivity index is 2.27. The molecule has 1 heterocycles. The maximum absolute atomic E-state index is 9.61. The SMILES string of the molecule is CCC(CO)N(Cc1ccnc(Cl)c1)c1ccccc1. The number of rotatable bonds is 6. The predicted octanol–water partition coefficient (Wildman–Crippen LogP) is 3.51. The summed E-state index contributed by atoms with van der Waals surface area (Å²) in [7, 11) is 0. The zero-order chi connectivity index (χ0) is 14.4. The molecule has 0 aliphatic heterocycles. The fourth-order valence-corrected chi connectivity index (χ4v) is 2.43. The van der Waals surface area contributed by atoms with E-state index in [1.54, 1.807) is 6.20 Å². The molecule has 0 bridgehead atoms. The standard InChI is InChI=1S/C16H19ClN2O/c1-2-14(12-20)19(15-6-4-3-5-7-15)11-13-8-9-18-16(17)10-13/h3-10,14,20H,2,11-12H2,1H3. The van der Waals surface area contributed by atoms with Crippen LogP contribution in [0.25, 0.3) is 0 Å². The van der Waals surface area contributed by atoms with E-state index in [1.807, 2.05) is 30.3 Å². The molecule has 2 rings (SSSR count). The number of hydrogen-bond acceptors (Lipinski definition) is 3. The average Bonchev–Trinajstić information content (AvgIpc) is 2.48. The van der Waals surface area contributed by atoms with Crippen LogP contribution in [0, 0.1) is 0 Å². The topological polar surface area (TPSA) is 36.4 Å². The van der Waals surface area contributed by atoms with Crippen LogP contribution in [0.3, 0.4) is 0 Å². The summed E-state index contributed by atoms with van der Waals surface area (Å²) in [5.74, 6) is 0. The minimum atomic E-state index is 0.0874. The largest absolute Gasteiger partial charge is 0.394 e. The van der Waals surface area contributed by atoms with Gasteiger partial charge in [0.25, 0.3) is 0 Å². The van der Waals surface area contributed by atoms with Crippen LogP contribution < -0.4 is 4.90 Å². The highest BCUT2D eigenvalue weighted by molar-refractivity contribution is 6.29. The summed E-state index contributed by atoms with van der Waals surface area (Å²) in [4.78, 5) is 6.20. The highest BCUT2D eigenvalue weighted by Gasteiger charge is 2.17. The number of aliphatic hydroxyl groups excluding tert-OH is 1. The van der Waals surface area contributed by atoms with Gasteiger partial charge in [-0.15, -0.1) is 0 Å². The molecule has 1 N–H and O–H groups in total. The van der Waals surface area contributed by atoms with E-state index in [0.29, 0.717) is 11.7 Å². The van der Waals surface area contributed by atoms with E-state index in [-0.39, 0.29) is 12.6 Å². The fraction of sp³-hybridized carbons (Fsp3) is 0.312. The van der Waals surface area contributed by atoms with Crippen LogP contribution in [-0.2, 0) is 6.54 Å². The number of hydrogen-bond donors (Lipinski definition) is 1. The van der Waals surface area contributed by atoms with Crippen LogP contribution in [0.5, 0.6) is 0 Å². The third kappa shape index (κ3) is 3.71. The lowest BCUT2D eigenvalue weighted by molar-refractivity contribution is 0.255. The van der Waals surface area contributed by atoms with Crippen molar-refractivity contribution in [3.05, 3.63) is 59.4 Å². The molecule has 0 fully saturated rings. The highest BCUT2D eigenvalue weighted by atomic mass is 35.5. The van der Waals surface area contributed by atoms with Crippen LogP contribution in [0.2, 0.25) is 5.15 Å². The van der Waals surface area contributed by atoms with Crippen molar-refractivity contribution in [1.29, 1.82) is 0 Å². The van der Waals surface area contributed by atoms with Crippen molar-refractivity contribution in [2.45, 2.75) is 25.9 Å². The molecule has 1 atom stereocenters. The number of benzene rings is 1. The molecule has 1 aromatic carbocycles. The van der Waals surface area contributed by atoms with Crippen molar-refractivity contribution in [1.82, 2.24) is 4.98 Å². The minimum absolute atomic E-state index is 0.0874. The summed E-state index contributed by atoms with van der Waals surface area (Å²) < 4.78 is 0. The number of aliphatic hydroxyl groups is 1. The normalized spacial score (nSPS) is 12.2. The van der Waals surface area contributed by atoms with Gasteiger partial charge in [0.2, 0.25) is 0 Å². The van der Waals surface area contributed by atoms with E-state index >= 15 is 0 Å². The van der Waals surface area contributed by atoms with E-state index in [1.165, 1.54) is 0 Å². The molecule has 3 nitrogen and oxygen atoms in total. The van der Waals surface area contributed by atoms with Gasteiger partial charge in [-0.3, -0.25) is 0 Å². The number of nitrogens with zero attached hydrogens (tertiary/aromatic N) is 2. The monoisotopic (exact) mass is 290 g/mol. The predicted molar refractivity (Wildman–Crippen MR) is 83.0 cm³/mol. The molecule has 0 aliphatic carbocycles. The highest BCUT2D eigenvalue weighted by Crippen LogP contribution is 2.21. The summed E-state index contributed by atoms with van der Waals surface area (Å²) in [5.41, 5.74) is 2.18. The number of anilines is 1. The van der Waals surface area contributed by atoms with Gasteiger partial charge >= 0.3 is 0 Å². The molecule has 20 heavy (non-hydrogen) atoms. The van der Waals surface area contributed by atoms with E-state index in [2.05, 4.69) is 28.9 Å². The lowest BCUT2D eigenvalue weighted by Gasteiger charge is -2.32. The van der Waals surface area contributed by atoms with Crippen LogP contribution in [0.15, 0.2) is 48.7 Å². The van der Waals surface area contributed by atoms with Gasteiger partial charge in [-0.1, -0.05) is 36.7 Å². The summed E-state index contributed by atoms with van der Waals surface area (Å²) >= 11 is 5.94. The Kier molecular flexibility index (Phi) is 5.39. The summed E-state index contributed by atoms with van der Waals surface area (Å²) in [6, 6.07) is 14.0. The quantitative estimate of drug-likeness (QED) is 0.827. The molecule has 2 aromatic rings. The second kappa shape index (κ2) is 7.27. The van der Waals surface area contributed by atoms with Gasteiger partial charge in [-0.2, -0.15) is 0 Å². The zero-order valence-corrected chi connectivity index (χ0v) is 12.3. The molecule has 0 spiro atoms. The first kappa shape index (κ1) is 14.8. The van der Waals surface area contributed by atoms with E-state index in [9.17, 15) is 5.11 Å². The third-order valence-electron chi connectivity index (χ3n) is 3.35. The summed E-state index contributed by atoms with van der Waals surface area (Å²) in [5, 5.41) is 10.1. The minimum Gasteiger partial charge on any atom is -0.394 e. The average molecular weight is 291 g/mol. The second-order valence-electron chi connectivity index (χ2n) is 4.69. The number of para-hydroxylation sites is 1. The number of pyridine rings is 1. The fourth-order valence-electron chi connectivity index (χ4n) is 2.24. The Hall–Kier alpha value is -1.58. The van der Waals surface area contributed by atoms with Gasteiger partial charge in [-0.25, -0.2) is 4.98 Å². The van der Waals surface area contributed by atoms with Crippen molar-refractivity contribution in [3.8, 4) is 0 Å². The maximum atomic E-state index is 9.61. The molecule has 1 unspecified atom stereocenters. The molecule has 0 saturated heterocycles. The van der Waals surface area contributed by atoms with Crippen molar-refractivity contribution in [3.63, 3.8) is 0 Å². The second-order valence-corrected chi connectivity index (χ2v) is 5.08. The van der Waals surface area contributed by atoms with Gasteiger partial charge in [0.1, 0.15) is 5.15 Å². The number of aromatic nitrogens is 1. The van der Waals surface area contributed by atoms with Crippen LogP contribution >= 0.6 is 11.6 Å². The Labute approximate surface area is 124 Å². The summed E-state index contributed by atoms with van der Waals surface area (Å²) in [6.45, 7) is 2.91. The first-order valence-corrected chi connectivity index (χ1v) is 7.15. The lowest BCUT2D eigenvalue weighted by atomic mass is 10.1. The third-order valence-corrected chi connectivity index (χ3v) is 3.56. The first-order chi connectivity index (χ1) is 9.74. The first-order valence-electron chi connectivity index (χ1n) is 6.77. The molecule has 1 aromatic heterocycles. The molecule has 4 heteroatoms. The Morgan fingerprint density at radius 1 is 1.25 bits per heavy atom. The van der Waals surface area contributed by atoms with Gasteiger partial charge < -0.3 is 10.0 Å². The van der Waals surface area contributed by atoms with Gasteiger partial charge in [-0.05, 0) is 36.2 Å². The lowest BCUT2D eigenvalue weighted by Crippen LogP contribution is -2.37. The van der Waals surface area contributed by atoms with Crippen molar-refractivity contribution in [2.24, 2.45) is 0 Å². The van der Waals surface area contributed by atoms with Gasteiger partial charge in [0.15, 0.2) is 0 Å². The van der Waals surface area contributed by atoms with Crippen molar-refractivity contribution in [2.75, 3.05) is 11.5 Å². The molecule has 0 saturated carbocycles. The van der Waals surface area contributed by atoms with Crippen molar-refractivity contribution >= 4 is 17.3 Å². The van der Waals surface area contributed by atoms with Crippen LogP contribution in [-0.4, -0.2) is 22.7 Å². The van der Waals surface area contributed by atoms with Crippen LogP contribution in [0.4, 0.5) is 5.69 Å². The molecule has 0 amide bonds. The van der Waals surface area contributed by atoms with Crippen molar-refractivity contribution < 1.29 is 5.11 Å². The van der Waals surface area contributed by atoms with Gasteiger partial charge in [0.05, 0.1) is 12.6 Å². The molecular weight excluding hydrogens is 272 g/mol. The Morgan fingerprint density at radius 2 is 2.00 bits per heavy atom. The van der Waals surface area contributed by atoms with Gasteiger partial charge in [0, 0.05) is 18.4 Å². The maximum Gasteiger partial charge on any atom is 0.129 e. The number of halogens is 1. The molecule has 0 radical (unpaired) electrons. The molecule has 106 valence electrons. The smallest absolute Gasteiger partial charge is 0.129 e. The summed E-state index contributed by atoms with van der Waals surface area (Å²) in [6.07, 6.45) is 2.59. The Morgan fingerprint density at radius 3 is 2.60 bits per heavy atom. The van der Waals surface area contributed by atoms with E-state index in [4.69, 9.17) is 11.6 Å². The molecular formula is C16H19ClN2O. The molecule has 0 aliphatic rings. The Bertz CT molecular complexity index is 529. The van der Waals surface area contributed by atoms with E-state index < -0.39 is 0 Å².